The van der Waals surface area contributed by atoms with Gasteiger partial charge in [-0.2, -0.15) is 0 Å². The van der Waals surface area contributed by atoms with Gasteiger partial charge in [0.25, 0.3) is 0 Å². The van der Waals surface area contributed by atoms with E-state index in [-0.39, 0.29) is 23.9 Å². The summed E-state index contributed by atoms with van der Waals surface area (Å²) in [5, 5.41) is 2.77. The first-order valence-corrected chi connectivity index (χ1v) is 5.83. The van der Waals surface area contributed by atoms with E-state index < -0.39 is 0 Å². The van der Waals surface area contributed by atoms with Crippen LogP contribution >= 0.6 is 0 Å². The fraction of sp³-hybridized carbons (Fsp3) is 0.667. The Labute approximate surface area is 96.7 Å². The molecule has 0 aromatic heterocycles. The summed E-state index contributed by atoms with van der Waals surface area (Å²) in [5.41, 5.74) is 0. The van der Waals surface area contributed by atoms with Gasteiger partial charge in [-0.25, -0.2) is 0 Å². The molecule has 0 radical (unpaired) electrons. The van der Waals surface area contributed by atoms with E-state index in [9.17, 15) is 9.59 Å². The van der Waals surface area contributed by atoms with E-state index in [2.05, 4.69) is 5.32 Å². The summed E-state index contributed by atoms with van der Waals surface area (Å²) < 4.78 is 0. The standard InChI is InChI=1S/C12H20N2O2/c1-4-6-8-14-9(3)11(15)13-10(7-5-2)12(14)16/h4,6,9-10H,5,7-8H2,1-3H3,(H,13,15)/b6-4+. The van der Waals surface area contributed by atoms with Crippen LogP contribution < -0.4 is 5.32 Å². The first-order valence-electron chi connectivity index (χ1n) is 5.83. The zero-order valence-electron chi connectivity index (χ0n) is 10.2. The lowest BCUT2D eigenvalue weighted by atomic mass is 10.0. The molecule has 0 saturated carbocycles. The number of carbonyl (C=O) groups is 2. The van der Waals surface area contributed by atoms with Gasteiger partial charge in [-0.15, -0.1) is 0 Å². The normalized spacial score (nSPS) is 26.3. The highest BCUT2D eigenvalue weighted by Crippen LogP contribution is 2.13. The van der Waals surface area contributed by atoms with E-state index in [1.807, 2.05) is 26.0 Å². The lowest BCUT2D eigenvalue weighted by Crippen LogP contribution is -2.62. The minimum absolute atomic E-state index is 0.0343. The minimum Gasteiger partial charge on any atom is -0.343 e. The van der Waals surface area contributed by atoms with Crippen molar-refractivity contribution in [2.24, 2.45) is 0 Å². The van der Waals surface area contributed by atoms with Gasteiger partial charge in [0.1, 0.15) is 12.1 Å². The molecular formula is C12H20N2O2. The molecule has 0 bridgehead atoms. The van der Waals surface area contributed by atoms with Crippen molar-refractivity contribution in [1.29, 1.82) is 0 Å². The second-order valence-electron chi connectivity index (χ2n) is 4.09. The SMILES string of the molecule is C/C=C/CN1C(=O)C(CCC)NC(=O)C1C. The first kappa shape index (κ1) is 12.7. The van der Waals surface area contributed by atoms with Crippen LogP contribution in [0.5, 0.6) is 0 Å². The zero-order chi connectivity index (χ0) is 12.1. The molecule has 0 aromatic carbocycles. The molecule has 90 valence electrons. The Morgan fingerprint density at radius 1 is 1.44 bits per heavy atom. The summed E-state index contributed by atoms with van der Waals surface area (Å²) in [6, 6.07) is -0.698. The van der Waals surface area contributed by atoms with Crippen molar-refractivity contribution in [3.8, 4) is 0 Å². The molecule has 0 aromatic rings. The number of piperazine rings is 1. The highest BCUT2D eigenvalue weighted by atomic mass is 16.2. The number of carbonyl (C=O) groups excluding carboxylic acids is 2. The Kier molecular flexibility index (Phi) is 4.52. The van der Waals surface area contributed by atoms with Crippen LogP contribution in [0.25, 0.3) is 0 Å². The van der Waals surface area contributed by atoms with Crippen LogP contribution in [0.3, 0.4) is 0 Å². The van der Waals surface area contributed by atoms with Gasteiger partial charge >= 0.3 is 0 Å². The van der Waals surface area contributed by atoms with Gasteiger partial charge in [-0.05, 0) is 20.3 Å². The van der Waals surface area contributed by atoms with Crippen molar-refractivity contribution in [1.82, 2.24) is 10.2 Å². The van der Waals surface area contributed by atoms with Crippen LogP contribution in [-0.4, -0.2) is 35.3 Å². The van der Waals surface area contributed by atoms with Crippen molar-refractivity contribution in [2.75, 3.05) is 6.54 Å². The van der Waals surface area contributed by atoms with Crippen LogP contribution in [0.4, 0.5) is 0 Å². The fourth-order valence-corrected chi connectivity index (χ4v) is 1.84. The van der Waals surface area contributed by atoms with E-state index in [0.717, 1.165) is 6.42 Å². The largest absolute Gasteiger partial charge is 0.343 e. The van der Waals surface area contributed by atoms with E-state index in [1.165, 1.54) is 0 Å². The smallest absolute Gasteiger partial charge is 0.246 e. The second-order valence-corrected chi connectivity index (χ2v) is 4.09. The van der Waals surface area contributed by atoms with Crippen LogP contribution in [0.1, 0.15) is 33.6 Å². The van der Waals surface area contributed by atoms with Gasteiger partial charge in [0.2, 0.25) is 11.8 Å². The summed E-state index contributed by atoms with van der Waals surface area (Å²) in [7, 11) is 0. The highest BCUT2D eigenvalue weighted by molar-refractivity contribution is 5.96. The van der Waals surface area contributed by atoms with Crippen LogP contribution in [0.2, 0.25) is 0 Å². The summed E-state index contributed by atoms with van der Waals surface area (Å²) in [6.45, 7) is 6.19. The molecule has 2 atom stereocenters. The maximum Gasteiger partial charge on any atom is 0.246 e. The van der Waals surface area contributed by atoms with Gasteiger partial charge in [0.15, 0.2) is 0 Å². The molecule has 1 aliphatic rings. The average molecular weight is 224 g/mol. The Bertz CT molecular complexity index is 299. The number of nitrogens with one attached hydrogen (secondary N) is 1. The van der Waals surface area contributed by atoms with Crippen molar-refractivity contribution in [2.45, 2.75) is 45.7 Å². The molecule has 1 fully saturated rings. The number of amides is 2. The summed E-state index contributed by atoms with van der Waals surface area (Å²) in [5.74, 6) is -0.0189. The second kappa shape index (κ2) is 5.68. The number of nitrogens with zero attached hydrogens (tertiary/aromatic N) is 1. The Morgan fingerprint density at radius 3 is 2.69 bits per heavy atom. The average Bonchev–Trinajstić information content (AvgIpc) is 2.26. The molecule has 4 nitrogen and oxygen atoms in total. The summed E-state index contributed by atoms with van der Waals surface area (Å²) in [4.78, 5) is 25.4. The van der Waals surface area contributed by atoms with E-state index in [1.54, 1.807) is 11.8 Å². The van der Waals surface area contributed by atoms with Crippen LogP contribution in [-0.2, 0) is 9.59 Å². The van der Waals surface area contributed by atoms with Gasteiger partial charge in [0, 0.05) is 6.54 Å². The molecule has 1 rings (SSSR count). The molecule has 2 unspecified atom stereocenters. The third-order valence-corrected chi connectivity index (χ3v) is 2.86. The van der Waals surface area contributed by atoms with Gasteiger partial charge in [-0.1, -0.05) is 25.5 Å². The number of rotatable bonds is 4. The fourth-order valence-electron chi connectivity index (χ4n) is 1.84. The monoisotopic (exact) mass is 224 g/mol. The number of allylic oxidation sites excluding steroid dienone is 1. The predicted molar refractivity (Wildman–Crippen MR) is 62.8 cm³/mol. The van der Waals surface area contributed by atoms with E-state index in [0.29, 0.717) is 13.0 Å². The molecular weight excluding hydrogens is 204 g/mol. The number of hydrogen-bond acceptors (Lipinski definition) is 2. The lowest BCUT2D eigenvalue weighted by Gasteiger charge is -2.36. The molecule has 4 heteroatoms. The molecule has 0 aliphatic carbocycles. The van der Waals surface area contributed by atoms with Crippen LogP contribution in [0, 0.1) is 0 Å². The first-order chi connectivity index (χ1) is 7.61. The summed E-state index contributed by atoms with van der Waals surface area (Å²) >= 11 is 0. The topological polar surface area (TPSA) is 49.4 Å². The highest BCUT2D eigenvalue weighted by Gasteiger charge is 2.36. The van der Waals surface area contributed by atoms with Crippen molar-refractivity contribution in [3.63, 3.8) is 0 Å². The predicted octanol–water partition coefficient (Wildman–Crippen LogP) is 1.08. The number of hydrogen-bond donors (Lipinski definition) is 1. The van der Waals surface area contributed by atoms with E-state index >= 15 is 0 Å². The zero-order valence-corrected chi connectivity index (χ0v) is 10.2. The summed E-state index contributed by atoms with van der Waals surface area (Å²) in [6.07, 6.45) is 5.39. The maximum atomic E-state index is 12.1. The van der Waals surface area contributed by atoms with Crippen molar-refractivity contribution in [3.05, 3.63) is 12.2 Å². The molecule has 1 N–H and O–H groups in total. The lowest BCUT2D eigenvalue weighted by molar-refractivity contribution is -0.148. The van der Waals surface area contributed by atoms with Crippen molar-refractivity contribution < 1.29 is 9.59 Å². The molecule has 16 heavy (non-hydrogen) atoms. The Balaban J connectivity index is 2.77. The van der Waals surface area contributed by atoms with Gasteiger partial charge < -0.3 is 10.2 Å². The van der Waals surface area contributed by atoms with E-state index in [4.69, 9.17) is 0 Å². The Morgan fingerprint density at radius 2 is 2.12 bits per heavy atom. The molecule has 0 spiro atoms. The van der Waals surface area contributed by atoms with Gasteiger partial charge in [-0.3, -0.25) is 9.59 Å². The van der Waals surface area contributed by atoms with Crippen molar-refractivity contribution >= 4 is 11.8 Å². The maximum absolute atomic E-state index is 12.1. The third-order valence-electron chi connectivity index (χ3n) is 2.86. The van der Waals surface area contributed by atoms with Gasteiger partial charge in [0.05, 0.1) is 0 Å². The minimum atomic E-state index is -0.364. The quantitative estimate of drug-likeness (QED) is 0.726. The van der Waals surface area contributed by atoms with Crippen LogP contribution in [0.15, 0.2) is 12.2 Å². The Hall–Kier alpha value is -1.32. The molecule has 1 aliphatic heterocycles. The third kappa shape index (κ3) is 2.62. The molecule has 1 saturated heterocycles. The molecule has 2 amide bonds. The molecule has 1 heterocycles.